The number of nitriles is 1. The van der Waals surface area contributed by atoms with Crippen molar-refractivity contribution in [3.05, 3.63) is 10.6 Å². The van der Waals surface area contributed by atoms with Gasteiger partial charge in [-0.25, -0.2) is 4.98 Å². The van der Waals surface area contributed by atoms with Gasteiger partial charge in [-0.2, -0.15) is 5.26 Å². The smallest absolute Gasteiger partial charge is 0.187 e. The van der Waals surface area contributed by atoms with Gasteiger partial charge in [0.15, 0.2) is 5.13 Å². The number of hydrogen-bond acceptors (Lipinski definition) is 5. The van der Waals surface area contributed by atoms with E-state index in [2.05, 4.69) is 22.9 Å². The second kappa shape index (κ2) is 5.48. The van der Waals surface area contributed by atoms with Crippen LogP contribution in [0.2, 0.25) is 0 Å². The summed E-state index contributed by atoms with van der Waals surface area (Å²) in [5, 5.41) is 10.0. The number of hydrogen-bond donors (Lipinski definition) is 0. The fourth-order valence-electron chi connectivity index (χ4n) is 2.17. The Labute approximate surface area is 106 Å². The molecule has 0 amide bonds. The van der Waals surface area contributed by atoms with Gasteiger partial charge >= 0.3 is 0 Å². The molecule has 0 spiro atoms. The van der Waals surface area contributed by atoms with E-state index in [-0.39, 0.29) is 0 Å². The minimum atomic E-state index is 0.418. The average molecular weight is 251 g/mol. The van der Waals surface area contributed by atoms with Crippen LogP contribution in [-0.2, 0) is 11.3 Å². The standard InChI is InChI=1S/C12H17N3OS/c1-9-5-3-4-6-15(9)12-14-10(8-16-2)11(7-13)17-12/h9H,3-6,8H2,1-2H3. The van der Waals surface area contributed by atoms with Crippen molar-refractivity contribution in [2.24, 2.45) is 0 Å². The Hall–Kier alpha value is -1.12. The van der Waals surface area contributed by atoms with Gasteiger partial charge in [-0.3, -0.25) is 0 Å². The topological polar surface area (TPSA) is 49.1 Å². The number of nitrogens with zero attached hydrogens (tertiary/aromatic N) is 3. The summed E-state index contributed by atoms with van der Waals surface area (Å²) in [6, 6.07) is 2.73. The predicted molar refractivity (Wildman–Crippen MR) is 68.2 cm³/mol. The Bertz CT molecular complexity index is 424. The molecular formula is C12H17N3OS. The van der Waals surface area contributed by atoms with Crippen molar-refractivity contribution in [3.63, 3.8) is 0 Å². The molecule has 1 aromatic heterocycles. The number of methoxy groups -OCH3 is 1. The third kappa shape index (κ3) is 2.59. The van der Waals surface area contributed by atoms with E-state index >= 15 is 0 Å². The highest BCUT2D eigenvalue weighted by atomic mass is 32.1. The molecule has 0 aromatic carbocycles. The van der Waals surface area contributed by atoms with Crippen LogP contribution in [0.3, 0.4) is 0 Å². The predicted octanol–water partition coefficient (Wildman–Crippen LogP) is 2.54. The highest BCUT2D eigenvalue weighted by Crippen LogP contribution is 2.30. The van der Waals surface area contributed by atoms with E-state index in [0.717, 1.165) is 17.4 Å². The van der Waals surface area contributed by atoms with Gasteiger partial charge in [0.2, 0.25) is 0 Å². The summed E-state index contributed by atoms with van der Waals surface area (Å²) in [5.74, 6) is 0. The second-order valence-electron chi connectivity index (χ2n) is 4.36. The molecule has 1 fully saturated rings. The Balaban J connectivity index is 2.23. The SMILES string of the molecule is COCc1nc(N2CCCCC2C)sc1C#N. The molecule has 1 atom stereocenters. The van der Waals surface area contributed by atoms with E-state index in [4.69, 9.17) is 10.00 Å². The van der Waals surface area contributed by atoms with Gasteiger partial charge in [-0.05, 0) is 26.2 Å². The second-order valence-corrected chi connectivity index (χ2v) is 5.33. The van der Waals surface area contributed by atoms with Crippen molar-refractivity contribution >= 4 is 16.5 Å². The van der Waals surface area contributed by atoms with Crippen LogP contribution >= 0.6 is 11.3 Å². The Kier molecular flexibility index (Phi) is 3.97. The van der Waals surface area contributed by atoms with Crippen molar-refractivity contribution in [2.45, 2.75) is 38.8 Å². The summed E-state index contributed by atoms with van der Waals surface area (Å²) in [6.45, 7) is 3.69. The molecule has 1 aromatic rings. The molecule has 1 aliphatic heterocycles. The number of aromatic nitrogens is 1. The van der Waals surface area contributed by atoms with Crippen molar-refractivity contribution < 1.29 is 4.74 Å². The summed E-state index contributed by atoms with van der Waals surface area (Å²) >= 11 is 1.48. The van der Waals surface area contributed by atoms with E-state index in [1.54, 1.807) is 7.11 Å². The van der Waals surface area contributed by atoms with Crippen LogP contribution in [0, 0.1) is 11.3 Å². The van der Waals surface area contributed by atoms with Crippen LogP contribution in [0.15, 0.2) is 0 Å². The molecule has 1 aliphatic rings. The molecule has 0 saturated carbocycles. The van der Waals surface area contributed by atoms with Gasteiger partial charge in [0, 0.05) is 19.7 Å². The van der Waals surface area contributed by atoms with Crippen molar-refractivity contribution in [2.75, 3.05) is 18.6 Å². The molecule has 0 bridgehead atoms. The number of anilines is 1. The lowest BCUT2D eigenvalue weighted by Crippen LogP contribution is -2.37. The van der Waals surface area contributed by atoms with E-state index in [9.17, 15) is 0 Å². The number of piperidine rings is 1. The van der Waals surface area contributed by atoms with Crippen LogP contribution < -0.4 is 4.90 Å². The number of rotatable bonds is 3. The molecule has 5 heteroatoms. The molecule has 1 unspecified atom stereocenters. The third-order valence-electron chi connectivity index (χ3n) is 3.12. The van der Waals surface area contributed by atoms with Crippen LogP contribution in [0.25, 0.3) is 0 Å². The van der Waals surface area contributed by atoms with Gasteiger partial charge in [0.25, 0.3) is 0 Å². The first-order valence-electron chi connectivity index (χ1n) is 5.91. The maximum Gasteiger partial charge on any atom is 0.187 e. The molecule has 2 heterocycles. The first kappa shape index (κ1) is 12.3. The summed E-state index contributed by atoms with van der Waals surface area (Å²) in [7, 11) is 1.63. The van der Waals surface area contributed by atoms with Crippen LogP contribution in [-0.4, -0.2) is 24.7 Å². The molecule has 1 saturated heterocycles. The van der Waals surface area contributed by atoms with Gasteiger partial charge in [-0.15, -0.1) is 0 Å². The van der Waals surface area contributed by atoms with Crippen LogP contribution in [0.1, 0.15) is 36.8 Å². The minimum absolute atomic E-state index is 0.418. The fourth-order valence-corrected chi connectivity index (χ4v) is 3.16. The van der Waals surface area contributed by atoms with E-state index < -0.39 is 0 Å². The van der Waals surface area contributed by atoms with Gasteiger partial charge in [-0.1, -0.05) is 11.3 Å². The zero-order chi connectivity index (χ0) is 12.3. The van der Waals surface area contributed by atoms with E-state index in [1.165, 1.54) is 30.6 Å². The highest BCUT2D eigenvalue weighted by Gasteiger charge is 2.23. The normalized spacial score (nSPS) is 20.3. The lowest BCUT2D eigenvalue weighted by atomic mass is 10.1. The summed E-state index contributed by atoms with van der Waals surface area (Å²) in [4.78, 5) is 7.54. The summed E-state index contributed by atoms with van der Waals surface area (Å²) in [5.41, 5.74) is 0.771. The molecule has 0 N–H and O–H groups in total. The van der Waals surface area contributed by atoms with E-state index in [0.29, 0.717) is 17.5 Å². The monoisotopic (exact) mass is 251 g/mol. The lowest BCUT2D eigenvalue weighted by Gasteiger charge is -2.33. The van der Waals surface area contributed by atoms with Crippen LogP contribution in [0.5, 0.6) is 0 Å². The lowest BCUT2D eigenvalue weighted by molar-refractivity contribution is 0.182. The number of ether oxygens (including phenoxy) is 1. The summed E-state index contributed by atoms with van der Waals surface area (Å²) < 4.78 is 5.07. The quantitative estimate of drug-likeness (QED) is 0.828. The Morgan fingerprint density at radius 2 is 2.41 bits per heavy atom. The zero-order valence-corrected chi connectivity index (χ0v) is 11.1. The first-order chi connectivity index (χ1) is 8.26. The van der Waals surface area contributed by atoms with Crippen LogP contribution in [0.4, 0.5) is 5.13 Å². The molecule has 4 nitrogen and oxygen atoms in total. The maximum atomic E-state index is 9.07. The van der Waals surface area contributed by atoms with Gasteiger partial charge < -0.3 is 9.64 Å². The first-order valence-corrected chi connectivity index (χ1v) is 6.73. The number of thiazole rings is 1. The average Bonchev–Trinajstić information content (AvgIpc) is 2.73. The molecule has 2 rings (SSSR count). The summed E-state index contributed by atoms with van der Waals surface area (Å²) in [6.07, 6.45) is 3.71. The Morgan fingerprint density at radius 1 is 1.59 bits per heavy atom. The van der Waals surface area contributed by atoms with Crippen molar-refractivity contribution in [3.8, 4) is 6.07 Å². The van der Waals surface area contributed by atoms with Gasteiger partial charge in [0.05, 0.1) is 12.3 Å². The molecule has 92 valence electrons. The van der Waals surface area contributed by atoms with Crippen molar-refractivity contribution in [1.82, 2.24) is 4.98 Å². The minimum Gasteiger partial charge on any atom is -0.378 e. The molecular weight excluding hydrogens is 234 g/mol. The fraction of sp³-hybridized carbons (Fsp3) is 0.667. The highest BCUT2D eigenvalue weighted by molar-refractivity contribution is 7.16. The molecule has 0 radical (unpaired) electrons. The molecule has 17 heavy (non-hydrogen) atoms. The van der Waals surface area contributed by atoms with E-state index in [1.807, 2.05) is 0 Å². The van der Waals surface area contributed by atoms with Gasteiger partial charge in [0.1, 0.15) is 10.9 Å². The Morgan fingerprint density at radius 3 is 3.06 bits per heavy atom. The third-order valence-corrected chi connectivity index (χ3v) is 4.16. The molecule has 0 aliphatic carbocycles. The van der Waals surface area contributed by atoms with Crippen molar-refractivity contribution in [1.29, 1.82) is 5.26 Å². The largest absolute Gasteiger partial charge is 0.378 e. The zero-order valence-electron chi connectivity index (χ0n) is 10.3. The maximum absolute atomic E-state index is 9.07.